The van der Waals surface area contributed by atoms with E-state index < -0.39 is 0 Å². The molecule has 160 valence electrons. The van der Waals surface area contributed by atoms with Crippen LogP contribution >= 0.6 is 23.5 Å². The molecule has 0 radical (unpaired) electrons. The topological polar surface area (TPSA) is 75.9 Å². The molecule has 4 rings (SSSR count). The highest BCUT2D eigenvalue weighted by atomic mass is 32.2. The van der Waals surface area contributed by atoms with Gasteiger partial charge in [-0.2, -0.15) is 0 Å². The molecule has 3 heterocycles. The normalized spacial score (nSPS) is 17.8. The Morgan fingerprint density at radius 3 is 2.40 bits per heavy atom. The summed E-state index contributed by atoms with van der Waals surface area (Å²) in [6.45, 7) is 3.68. The first kappa shape index (κ1) is 21.1. The van der Waals surface area contributed by atoms with Gasteiger partial charge in [-0.15, -0.1) is 23.5 Å². The van der Waals surface area contributed by atoms with Crippen LogP contribution < -0.4 is 4.74 Å². The van der Waals surface area contributed by atoms with Crippen molar-refractivity contribution in [3.63, 3.8) is 0 Å². The van der Waals surface area contributed by atoms with Gasteiger partial charge in [-0.1, -0.05) is 17.3 Å². The van der Waals surface area contributed by atoms with E-state index in [4.69, 9.17) is 9.26 Å². The summed E-state index contributed by atoms with van der Waals surface area (Å²) in [5, 5.41) is 3.75. The van der Waals surface area contributed by atoms with E-state index in [9.17, 15) is 9.59 Å². The fraction of sp³-hybridized carbons (Fsp3) is 0.476. The maximum atomic E-state index is 12.5. The van der Waals surface area contributed by atoms with E-state index in [2.05, 4.69) is 17.3 Å². The zero-order valence-electron chi connectivity index (χ0n) is 16.9. The van der Waals surface area contributed by atoms with Gasteiger partial charge in [0, 0.05) is 32.2 Å². The number of hydrogen-bond donors (Lipinski definition) is 0. The summed E-state index contributed by atoms with van der Waals surface area (Å²) in [6.07, 6.45) is 1.28. The molecule has 1 aromatic heterocycles. The lowest BCUT2D eigenvalue weighted by molar-refractivity contribution is -0.134. The van der Waals surface area contributed by atoms with Gasteiger partial charge in [0.05, 0.1) is 10.3 Å². The number of benzene rings is 1. The summed E-state index contributed by atoms with van der Waals surface area (Å²) in [5.74, 6) is 3.10. The molecule has 0 unspecified atom stereocenters. The molecule has 0 saturated carbocycles. The highest BCUT2D eigenvalue weighted by Gasteiger charge is 2.27. The third-order valence-corrected chi connectivity index (χ3v) is 8.12. The number of hydrogen-bond acceptors (Lipinski definition) is 7. The molecule has 30 heavy (non-hydrogen) atoms. The van der Waals surface area contributed by atoms with Crippen molar-refractivity contribution in [3.8, 4) is 5.75 Å². The van der Waals surface area contributed by atoms with Gasteiger partial charge in [0.15, 0.2) is 6.61 Å². The first-order valence-electron chi connectivity index (χ1n) is 10.1. The number of aryl methyl sites for hydroxylation is 1. The number of rotatable bonds is 5. The van der Waals surface area contributed by atoms with E-state index in [1.807, 2.05) is 35.7 Å². The molecule has 2 fully saturated rings. The molecular formula is C21H25N3O4S2. The fourth-order valence-corrected chi connectivity index (χ4v) is 6.31. The number of amides is 2. The quantitative estimate of drug-likeness (QED) is 0.697. The third kappa shape index (κ3) is 5.13. The number of nitrogens with zero attached hydrogens (tertiary/aromatic N) is 3. The molecule has 7 nitrogen and oxygen atoms in total. The summed E-state index contributed by atoms with van der Waals surface area (Å²) < 4.78 is 11.2. The lowest BCUT2D eigenvalue weighted by atomic mass is 10.2. The Balaban J connectivity index is 1.22. The van der Waals surface area contributed by atoms with Crippen LogP contribution in [0.3, 0.4) is 0 Å². The first-order valence-corrected chi connectivity index (χ1v) is 12.2. The summed E-state index contributed by atoms with van der Waals surface area (Å²) in [7, 11) is 0. The van der Waals surface area contributed by atoms with Crippen LogP contribution in [0, 0.1) is 6.92 Å². The van der Waals surface area contributed by atoms with Crippen molar-refractivity contribution in [3.05, 3.63) is 47.3 Å². The second-order valence-electron chi connectivity index (χ2n) is 7.29. The van der Waals surface area contributed by atoms with Gasteiger partial charge >= 0.3 is 0 Å². The molecule has 0 bridgehead atoms. The lowest BCUT2D eigenvalue weighted by Gasteiger charge is -2.34. The molecule has 0 spiro atoms. The molecule has 0 atom stereocenters. The van der Waals surface area contributed by atoms with E-state index in [1.54, 1.807) is 22.8 Å². The van der Waals surface area contributed by atoms with Gasteiger partial charge in [-0.05, 0) is 42.5 Å². The molecule has 2 amide bonds. The van der Waals surface area contributed by atoms with Crippen molar-refractivity contribution < 1.29 is 18.8 Å². The molecule has 9 heteroatoms. The van der Waals surface area contributed by atoms with E-state index in [0.29, 0.717) is 42.2 Å². The average Bonchev–Trinajstić information content (AvgIpc) is 3.24. The zero-order valence-corrected chi connectivity index (χ0v) is 18.5. The zero-order chi connectivity index (χ0) is 20.9. The smallest absolute Gasteiger partial charge is 0.292 e. The first-order chi connectivity index (χ1) is 14.6. The Morgan fingerprint density at radius 1 is 1.10 bits per heavy atom. The Hall–Kier alpha value is -2.13. The Kier molecular flexibility index (Phi) is 6.89. The Labute approximate surface area is 184 Å². The average molecular weight is 448 g/mol. The number of carbonyl (C=O) groups is 2. The summed E-state index contributed by atoms with van der Waals surface area (Å²) >= 11 is 3.97. The number of piperazine rings is 1. The monoisotopic (exact) mass is 447 g/mol. The summed E-state index contributed by atoms with van der Waals surface area (Å²) in [5.41, 5.74) is 1.97. The van der Waals surface area contributed by atoms with Crippen LogP contribution in [0.4, 0.5) is 0 Å². The highest BCUT2D eigenvalue weighted by Crippen LogP contribution is 2.43. The molecule has 2 saturated heterocycles. The van der Waals surface area contributed by atoms with E-state index in [0.717, 1.165) is 0 Å². The third-order valence-electron chi connectivity index (χ3n) is 5.10. The Bertz CT molecular complexity index is 873. The highest BCUT2D eigenvalue weighted by molar-refractivity contribution is 8.16. The maximum Gasteiger partial charge on any atom is 0.292 e. The fourth-order valence-electron chi connectivity index (χ4n) is 3.42. The van der Waals surface area contributed by atoms with Gasteiger partial charge in [0.1, 0.15) is 5.75 Å². The predicted molar refractivity (Wildman–Crippen MR) is 118 cm³/mol. The van der Waals surface area contributed by atoms with E-state index in [1.165, 1.54) is 23.5 Å². The van der Waals surface area contributed by atoms with Crippen molar-refractivity contribution in [1.29, 1.82) is 0 Å². The molecule has 2 aromatic rings. The minimum atomic E-state index is -0.187. The molecule has 0 aliphatic carbocycles. The van der Waals surface area contributed by atoms with Crippen LogP contribution in [0.15, 0.2) is 34.9 Å². The Morgan fingerprint density at radius 2 is 1.77 bits per heavy atom. The minimum Gasteiger partial charge on any atom is -0.484 e. The molecule has 0 N–H and O–H groups in total. The van der Waals surface area contributed by atoms with Crippen molar-refractivity contribution in [2.45, 2.75) is 17.9 Å². The van der Waals surface area contributed by atoms with Crippen molar-refractivity contribution >= 4 is 35.3 Å². The molecule has 2 aliphatic rings. The summed E-state index contributed by atoms with van der Waals surface area (Å²) in [6, 6.07) is 9.68. The van der Waals surface area contributed by atoms with Gasteiger partial charge in [0.2, 0.25) is 5.76 Å². The predicted octanol–water partition coefficient (Wildman–Crippen LogP) is 3.22. The molecule has 2 aliphatic heterocycles. The van der Waals surface area contributed by atoms with Crippen molar-refractivity contribution in [2.75, 3.05) is 44.3 Å². The van der Waals surface area contributed by atoms with Gasteiger partial charge in [-0.25, -0.2) is 0 Å². The maximum absolute atomic E-state index is 12.5. The van der Waals surface area contributed by atoms with Gasteiger partial charge in [-0.3, -0.25) is 9.59 Å². The summed E-state index contributed by atoms with van der Waals surface area (Å²) in [4.78, 5) is 28.3. The van der Waals surface area contributed by atoms with Crippen molar-refractivity contribution in [2.24, 2.45) is 0 Å². The second kappa shape index (κ2) is 9.78. The lowest BCUT2D eigenvalue weighted by Crippen LogP contribution is -2.51. The number of aromatic nitrogens is 1. The van der Waals surface area contributed by atoms with E-state index >= 15 is 0 Å². The van der Waals surface area contributed by atoms with Crippen LogP contribution in [0.1, 0.15) is 32.8 Å². The van der Waals surface area contributed by atoms with Crippen LogP contribution in [-0.4, -0.2) is 71.1 Å². The minimum absolute atomic E-state index is 0.00151. The number of carbonyl (C=O) groups excluding carboxylic acids is 2. The standard InChI is InChI=1S/C21H25N3O4S2/c1-15-13-18(28-22-15)20(26)24-9-7-23(8-10-24)19(25)14-27-17-5-3-16(4-6-17)21-29-11-2-12-30-21/h3-6,13,21H,2,7-12,14H2,1H3. The molecular weight excluding hydrogens is 422 g/mol. The van der Waals surface area contributed by atoms with Crippen LogP contribution in [0.5, 0.6) is 5.75 Å². The van der Waals surface area contributed by atoms with Crippen LogP contribution in [0.25, 0.3) is 0 Å². The SMILES string of the molecule is Cc1cc(C(=O)N2CCN(C(=O)COc3ccc(C4SCCCS4)cc3)CC2)on1. The molecule has 1 aromatic carbocycles. The van der Waals surface area contributed by atoms with Crippen LogP contribution in [-0.2, 0) is 4.79 Å². The largest absolute Gasteiger partial charge is 0.484 e. The van der Waals surface area contributed by atoms with Crippen molar-refractivity contribution in [1.82, 2.24) is 15.0 Å². The van der Waals surface area contributed by atoms with Crippen LogP contribution in [0.2, 0.25) is 0 Å². The number of ether oxygens (including phenoxy) is 1. The van der Waals surface area contributed by atoms with Gasteiger partial charge in [0.25, 0.3) is 11.8 Å². The van der Waals surface area contributed by atoms with Gasteiger partial charge < -0.3 is 19.1 Å². The number of thioether (sulfide) groups is 2. The second-order valence-corrected chi connectivity index (χ2v) is 10.0. The van der Waals surface area contributed by atoms with E-state index in [-0.39, 0.29) is 24.2 Å².